The summed E-state index contributed by atoms with van der Waals surface area (Å²) < 4.78 is 0. The van der Waals surface area contributed by atoms with Gasteiger partial charge in [0.05, 0.1) is 4.92 Å². The van der Waals surface area contributed by atoms with Crippen LogP contribution in [0.2, 0.25) is 5.15 Å². The molecular weight excluding hydrogens is 240 g/mol. The Hall–Kier alpha value is -0.850. The van der Waals surface area contributed by atoms with Crippen molar-refractivity contribution in [2.75, 3.05) is 12.4 Å². The zero-order valence-electron chi connectivity index (χ0n) is 7.72. The van der Waals surface area contributed by atoms with E-state index < -0.39 is 4.92 Å². The Morgan fingerprint density at radius 1 is 1.60 bits per heavy atom. The van der Waals surface area contributed by atoms with Crippen molar-refractivity contribution in [2.45, 2.75) is 11.4 Å². The number of nitrogens with zero attached hydrogens (tertiary/aromatic N) is 2. The second-order valence-electron chi connectivity index (χ2n) is 2.64. The van der Waals surface area contributed by atoms with Gasteiger partial charge in [0.15, 0.2) is 5.03 Å². The maximum absolute atomic E-state index is 10.6. The van der Waals surface area contributed by atoms with E-state index in [4.69, 9.17) is 16.7 Å². The molecule has 1 rings (SSSR count). The number of hydrogen-bond donors (Lipinski definition) is 1. The lowest BCUT2D eigenvalue weighted by atomic mass is 10.4. The normalized spacial score (nSPS) is 10.3. The fourth-order valence-electron chi connectivity index (χ4n) is 0.889. The third-order valence-electron chi connectivity index (χ3n) is 1.54. The summed E-state index contributed by atoms with van der Waals surface area (Å²) in [5.41, 5.74) is -0.0534. The van der Waals surface area contributed by atoms with E-state index in [9.17, 15) is 10.1 Å². The van der Waals surface area contributed by atoms with Crippen molar-refractivity contribution >= 4 is 29.1 Å². The second kappa shape index (κ2) is 5.89. The summed E-state index contributed by atoms with van der Waals surface area (Å²) in [6, 6.07) is 2.71. The molecule has 0 saturated heterocycles. The van der Waals surface area contributed by atoms with Crippen molar-refractivity contribution in [2.24, 2.45) is 0 Å². The number of halogens is 1. The Morgan fingerprint density at radius 2 is 2.33 bits per heavy atom. The van der Waals surface area contributed by atoms with Crippen molar-refractivity contribution in [1.29, 1.82) is 0 Å². The molecular formula is C8H9ClN2O3S. The van der Waals surface area contributed by atoms with Crippen LogP contribution in [0.4, 0.5) is 5.69 Å². The van der Waals surface area contributed by atoms with Crippen molar-refractivity contribution in [3.8, 4) is 0 Å². The number of pyridine rings is 1. The molecule has 15 heavy (non-hydrogen) atoms. The van der Waals surface area contributed by atoms with E-state index in [0.29, 0.717) is 17.2 Å². The van der Waals surface area contributed by atoms with Gasteiger partial charge in [0.25, 0.3) is 0 Å². The molecule has 7 heteroatoms. The van der Waals surface area contributed by atoms with Crippen LogP contribution in [0.3, 0.4) is 0 Å². The molecule has 0 spiro atoms. The minimum Gasteiger partial charge on any atom is -0.396 e. The van der Waals surface area contributed by atoms with Crippen molar-refractivity contribution in [3.63, 3.8) is 0 Å². The molecule has 0 aliphatic rings. The lowest BCUT2D eigenvalue weighted by Crippen LogP contribution is -1.95. The van der Waals surface area contributed by atoms with E-state index in [2.05, 4.69) is 4.98 Å². The van der Waals surface area contributed by atoms with E-state index >= 15 is 0 Å². The van der Waals surface area contributed by atoms with Gasteiger partial charge in [0.1, 0.15) is 5.15 Å². The first-order valence-electron chi connectivity index (χ1n) is 4.19. The Kier molecular flexibility index (Phi) is 4.80. The topological polar surface area (TPSA) is 76.3 Å². The predicted octanol–water partition coefficient (Wildman–Crippen LogP) is 2.12. The van der Waals surface area contributed by atoms with Gasteiger partial charge < -0.3 is 5.11 Å². The smallest absolute Gasteiger partial charge is 0.301 e. The Balaban J connectivity index is 2.82. The average Bonchev–Trinajstić information content (AvgIpc) is 2.18. The number of thioether (sulfide) groups is 1. The van der Waals surface area contributed by atoms with Gasteiger partial charge in [0, 0.05) is 18.4 Å². The molecule has 0 aliphatic carbocycles. The molecule has 0 fully saturated rings. The van der Waals surface area contributed by atoms with Crippen LogP contribution in [0.15, 0.2) is 17.2 Å². The van der Waals surface area contributed by atoms with Crippen LogP contribution in [0, 0.1) is 10.1 Å². The lowest BCUT2D eigenvalue weighted by molar-refractivity contribution is -0.388. The largest absolute Gasteiger partial charge is 0.396 e. The molecule has 82 valence electrons. The third-order valence-corrected chi connectivity index (χ3v) is 2.82. The minimum absolute atomic E-state index is 0.0534. The molecule has 1 aromatic heterocycles. The van der Waals surface area contributed by atoms with E-state index in [1.54, 1.807) is 0 Å². The molecule has 0 saturated carbocycles. The fourth-order valence-corrected chi connectivity index (χ4v) is 2.01. The highest BCUT2D eigenvalue weighted by atomic mass is 35.5. The predicted molar refractivity (Wildman–Crippen MR) is 58.3 cm³/mol. The number of aliphatic hydroxyl groups is 1. The van der Waals surface area contributed by atoms with Crippen LogP contribution < -0.4 is 0 Å². The molecule has 0 aromatic carbocycles. The van der Waals surface area contributed by atoms with Crippen LogP contribution in [0.1, 0.15) is 6.42 Å². The highest BCUT2D eigenvalue weighted by Crippen LogP contribution is 2.28. The van der Waals surface area contributed by atoms with Gasteiger partial charge in [-0.3, -0.25) is 10.1 Å². The zero-order valence-corrected chi connectivity index (χ0v) is 9.29. The summed E-state index contributed by atoms with van der Waals surface area (Å²) in [6.45, 7) is 0.0569. The molecule has 5 nitrogen and oxygen atoms in total. The summed E-state index contributed by atoms with van der Waals surface area (Å²) >= 11 is 6.85. The first kappa shape index (κ1) is 12.2. The van der Waals surface area contributed by atoms with Gasteiger partial charge >= 0.3 is 5.69 Å². The van der Waals surface area contributed by atoms with Gasteiger partial charge in [-0.15, -0.1) is 0 Å². The van der Waals surface area contributed by atoms with E-state index in [0.717, 1.165) is 0 Å². The molecule has 0 atom stereocenters. The van der Waals surface area contributed by atoms with E-state index in [1.165, 1.54) is 23.9 Å². The van der Waals surface area contributed by atoms with Gasteiger partial charge in [-0.25, -0.2) is 4.98 Å². The highest BCUT2D eigenvalue weighted by molar-refractivity contribution is 7.99. The van der Waals surface area contributed by atoms with Crippen molar-refractivity contribution < 1.29 is 10.0 Å². The van der Waals surface area contributed by atoms with Crippen molar-refractivity contribution in [1.82, 2.24) is 4.98 Å². The number of nitro groups is 1. The van der Waals surface area contributed by atoms with Gasteiger partial charge in [-0.05, 0) is 12.5 Å². The Labute approximate surface area is 95.6 Å². The Morgan fingerprint density at radius 3 is 2.93 bits per heavy atom. The quantitative estimate of drug-likeness (QED) is 0.284. The Bertz CT molecular complexity index is 362. The molecule has 0 amide bonds. The maximum Gasteiger partial charge on any atom is 0.301 e. The molecule has 1 heterocycles. The summed E-state index contributed by atoms with van der Waals surface area (Å²) in [4.78, 5) is 14.0. The van der Waals surface area contributed by atoms with Crippen LogP contribution >= 0.6 is 23.4 Å². The molecule has 0 radical (unpaired) electrons. The van der Waals surface area contributed by atoms with Crippen LogP contribution in [-0.2, 0) is 0 Å². The highest BCUT2D eigenvalue weighted by Gasteiger charge is 2.15. The third kappa shape index (κ3) is 3.65. The molecule has 0 bridgehead atoms. The van der Waals surface area contributed by atoms with E-state index in [1.807, 2.05) is 0 Å². The lowest BCUT2D eigenvalue weighted by Gasteiger charge is -2.01. The standard InChI is InChI=1S/C8H9ClN2O3S/c9-7-3-2-6(11(13)14)8(10-7)15-5-1-4-12/h2-3,12H,1,4-5H2. The fraction of sp³-hybridized carbons (Fsp3) is 0.375. The van der Waals surface area contributed by atoms with Gasteiger partial charge in [-0.1, -0.05) is 23.4 Å². The number of rotatable bonds is 5. The molecule has 0 aliphatic heterocycles. The maximum atomic E-state index is 10.6. The summed E-state index contributed by atoms with van der Waals surface area (Å²) in [5.74, 6) is 0.574. The van der Waals surface area contributed by atoms with Crippen molar-refractivity contribution in [3.05, 3.63) is 27.4 Å². The minimum atomic E-state index is -0.495. The number of hydrogen-bond acceptors (Lipinski definition) is 5. The van der Waals surface area contributed by atoms with Crippen LogP contribution in [0.5, 0.6) is 0 Å². The van der Waals surface area contributed by atoms with Crippen LogP contribution in [0.25, 0.3) is 0 Å². The molecule has 1 N–H and O–H groups in total. The van der Waals surface area contributed by atoms with Gasteiger partial charge in [0.2, 0.25) is 0 Å². The summed E-state index contributed by atoms with van der Waals surface area (Å²) in [5, 5.41) is 19.7. The number of aromatic nitrogens is 1. The zero-order chi connectivity index (χ0) is 11.3. The second-order valence-corrected chi connectivity index (χ2v) is 4.11. The first-order valence-corrected chi connectivity index (χ1v) is 5.56. The van der Waals surface area contributed by atoms with Gasteiger partial charge in [-0.2, -0.15) is 0 Å². The van der Waals surface area contributed by atoms with Crippen LogP contribution in [-0.4, -0.2) is 27.4 Å². The first-order chi connectivity index (χ1) is 7.15. The summed E-state index contributed by atoms with van der Waals surface area (Å²) in [6.07, 6.45) is 0.565. The summed E-state index contributed by atoms with van der Waals surface area (Å²) in [7, 11) is 0. The number of aliphatic hydroxyl groups excluding tert-OH is 1. The SMILES string of the molecule is O=[N+]([O-])c1ccc(Cl)nc1SCCCO. The van der Waals surface area contributed by atoms with E-state index in [-0.39, 0.29) is 17.4 Å². The molecule has 1 aromatic rings. The average molecular weight is 249 g/mol. The monoisotopic (exact) mass is 248 g/mol. The molecule has 0 unspecified atom stereocenters.